The SMILES string of the molecule is CC(C)(C)c1nc2cc(Sc3ccnc(F)c3)ccc2n1CC1CCC1. The van der Waals surface area contributed by atoms with Crippen molar-refractivity contribution < 1.29 is 4.39 Å². The molecule has 1 saturated carbocycles. The van der Waals surface area contributed by atoms with Crippen molar-refractivity contribution in [3.05, 3.63) is 48.3 Å². The predicted octanol–water partition coefficient (Wildman–Crippen LogP) is 5.82. The molecule has 0 aliphatic heterocycles. The van der Waals surface area contributed by atoms with E-state index in [4.69, 9.17) is 4.98 Å². The molecule has 0 N–H and O–H groups in total. The molecule has 0 radical (unpaired) electrons. The van der Waals surface area contributed by atoms with Gasteiger partial charge in [-0.3, -0.25) is 0 Å². The maximum absolute atomic E-state index is 13.3. The van der Waals surface area contributed by atoms with E-state index in [2.05, 4.69) is 48.5 Å². The van der Waals surface area contributed by atoms with Crippen LogP contribution < -0.4 is 0 Å². The number of hydrogen-bond donors (Lipinski definition) is 0. The van der Waals surface area contributed by atoms with Gasteiger partial charge in [-0.2, -0.15) is 4.39 Å². The van der Waals surface area contributed by atoms with Crippen LogP contribution in [0.1, 0.15) is 45.9 Å². The van der Waals surface area contributed by atoms with E-state index in [0.29, 0.717) is 0 Å². The summed E-state index contributed by atoms with van der Waals surface area (Å²) in [7, 11) is 0. The summed E-state index contributed by atoms with van der Waals surface area (Å²) in [6.07, 6.45) is 5.50. The second kappa shape index (κ2) is 6.69. The average molecular weight is 370 g/mol. The standard InChI is InChI=1S/C21H24FN3S/c1-21(2,3)20-24-17-11-15(26-16-9-10-23-19(22)12-16)7-8-18(17)25(20)13-14-5-4-6-14/h7-12,14H,4-6,13H2,1-3H3. The van der Waals surface area contributed by atoms with Crippen LogP contribution in [0, 0.1) is 11.9 Å². The van der Waals surface area contributed by atoms with Crippen LogP contribution in [0.2, 0.25) is 0 Å². The molecule has 0 bridgehead atoms. The van der Waals surface area contributed by atoms with Crippen molar-refractivity contribution in [2.75, 3.05) is 0 Å². The van der Waals surface area contributed by atoms with E-state index < -0.39 is 5.95 Å². The number of fused-ring (bicyclic) bond motifs is 1. The number of aromatic nitrogens is 3. The molecule has 0 spiro atoms. The normalized spacial score (nSPS) is 15.4. The third kappa shape index (κ3) is 3.50. The molecule has 136 valence electrons. The summed E-state index contributed by atoms with van der Waals surface area (Å²) in [4.78, 5) is 10.5. The highest BCUT2D eigenvalue weighted by atomic mass is 32.2. The van der Waals surface area contributed by atoms with E-state index in [1.165, 1.54) is 48.8 Å². The molecule has 0 saturated heterocycles. The van der Waals surface area contributed by atoms with Gasteiger partial charge in [-0.15, -0.1) is 0 Å². The number of imidazole rings is 1. The molecule has 0 atom stereocenters. The van der Waals surface area contributed by atoms with Gasteiger partial charge in [0, 0.05) is 34.0 Å². The largest absolute Gasteiger partial charge is 0.327 e. The average Bonchev–Trinajstić information content (AvgIpc) is 2.89. The zero-order valence-electron chi connectivity index (χ0n) is 15.5. The first-order chi connectivity index (χ1) is 12.4. The molecule has 0 unspecified atom stereocenters. The second-order valence-corrected chi connectivity index (χ2v) is 9.31. The molecule has 26 heavy (non-hydrogen) atoms. The Morgan fingerprint density at radius 1 is 1.15 bits per heavy atom. The van der Waals surface area contributed by atoms with Crippen molar-refractivity contribution in [3.63, 3.8) is 0 Å². The first-order valence-corrected chi connectivity index (χ1v) is 10.0. The van der Waals surface area contributed by atoms with Crippen molar-refractivity contribution >= 4 is 22.8 Å². The third-order valence-electron chi connectivity index (χ3n) is 4.99. The number of benzene rings is 1. The van der Waals surface area contributed by atoms with E-state index in [1.54, 1.807) is 0 Å². The highest BCUT2D eigenvalue weighted by Crippen LogP contribution is 2.35. The molecule has 0 amide bonds. The number of nitrogens with zero attached hydrogens (tertiary/aromatic N) is 3. The molecule has 3 aromatic rings. The van der Waals surface area contributed by atoms with Crippen LogP contribution in [0.25, 0.3) is 11.0 Å². The van der Waals surface area contributed by atoms with E-state index >= 15 is 0 Å². The van der Waals surface area contributed by atoms with Gasteiger partial charge in [0.25, 0.3) is 0 Å². The van der Waals surface area contributed by atoms with Crippen molar-refractivity contribution in [2.24, 2.45) is 5.92 Å². The molecule has 1 aromatic carbocycles. The molecule has 1 fully saturated rings. The van der Waals surface area contributed by atoms with Gasteiger partial charge >= 0.3 is 0 Å². The fraction of sp³-hybridized carbons (Fsp3) is 0.429. The zero-order chi connectivity index (χ0) is 18.3. The summed E-state index contributed by atoms with van der Waals surface area (Å²) in [6, 6.07) is 9.68. The minimum atomic E-state index is -0.448. The maximum Gasteiger partial charge on any atom is 0.213 e. The van der Waals surface area contributed by atoms with Crippen LogP contribution in [0.5, 0.6) is 0 Å². The molecule has 4 rings (SSSR count). The lowest BCUT2D eigenvalue weighted by atomic mass is 9.85. The molecule has 5 heteroatoms. The van der Waals surface area contributed by atoms with Gasteiger partial charge in [-0.1, -0.05) is 39.0 Å². The molecular formula is C21H24FN3S. The van der Waals surface area contributed by atoms with Gasteiger partial charge in [0.1, 0.15) is 5.82 Å². The van der Waals surface area contributed by atoms with Crippen molar-refractivity contribution in [1.29, 1.82) is 0 Å². The topological polar surface area (TPSA) is 30.7 Å². The number of halogens is 1. The smallest absolute Gasteiger partial charge is 0.213 e. The quantitative estimate of drug-likeness (QED) is 0.543. The second-order valence-electron chi connectivity index (χ2n) is 8.16. The predicted molar refractivity (Wildman–Crippen MR) is 104 cm³/mol. The Balaban J connectivity index is 1.71. The lowest BCUT2D eigenvalue weighted by Crippen LogP contribution is -2.24. The summed E-state index contributed by atoms with van der Waals surface area (Å²) >= 11 is 1.54. The van der Waals surface area contributed by atoms with E-state index in [1.807, 2.05) is 6.07 Å². The zero-order valence-corrected chi connectivity index (χ0v) is 16.3. The number of rotatable bonds is 4. The lowest BCUT2D eigenvalue weighted by molar-refractivity contribution is 0.272. The van der Waals surface area contributed by atoms with Crippen LogP contribution >= 0.6 is 11.8 Å². The van der Waals surface area contributed by atoms with Crippen molar-refractivity contribution in [3.8, 4) is 0 Å². The molecular weight excluding hydrogens is 345 g/mol. The Morgan fingerprint density at radius 3 is 2.58 bits per heavy atom. The number of hydrogen-bond acceptors (Lipinski definition) is 3. The van der Waals surface area contributed by atoms with Gasteiger partial charge < -0.3 is 4.57 Å². The summed E-state index contributed by atoms with van der Waals surface area (Å²) < 4.78 is 15.7. The Hall–Kier alpha value is -1.88. The highest BCUT2D eigenvalue weighted by molar-refractivity contribution is 7.99. The Morgan fingerprint density at radius 2 is 1.92 bits per heavy atom. The molecule has 2 aromatic heterocycles. The van der Waals surface area contributed by atoms with Gasteiger partial charge in [-0.25, -0.2) is 9.97 Å². The summed E-state index contributed by atoms with van der Waals surface area (Å²) in [6.45, 7) is 7.73. The van der Waals surface area contributed by atoms with Crippen LogP contribution in [-0.4, -0.2) is 14.5 Å². The van der Waals surface area contributed by atoms with Gasteiger partial charge in [0.05, 0.1) is 11.0 Å². The summed E-state index contributed by atoms with van der Waals surface area (Å²) in [5, 5.41) is 0. The molecule has 1 aliphatic rings. The Bertz CT molecular complexity index is 938. The Labute approximate surface area is 158 Å². The van der Waals surface area contributed by atoms with Crippen LogP contribution in [0.4, 0.5) is 4.39 Å². The first kappa shape index (κ1) is 17.5. The third-order valence-corrected chi connectivity index (χ3v) is 5.97. The van der Waals surface area contributed by atoms with Crippen LogP contribution in [0.3, 0.4) is 0 Å². The van der Waals surface area contributed by atoms with E-state index in [0.717, 1.165) is 33.6 Å². The van der Waals surface area contributed by atoms with Crippen molar-refractivity contribution in [1.82, 2.24) is 14.5 Å². The number of pyridine rings is 1. The lowest BCUT2D eigenvalue weighted by Gasteiger charge is -2.29. The Kier molecular flexibility index (Phi) is 4.51. The monoisotopic (exact) mass is 369 g/mol. The summed E-state index contributed by atoms with van der Waals surface area (Å²) in [5.41, 5.74) is 2.23. The fourth-order valence-corrected chi connectivity index (χ4v) is 4.31. The molecule has 2 heterocycles. The first-order valence-electron chi connectivity index (χ1n) is 9.20. The minimum absolute atomic E-state index is 0.00427. The van der Waals surface area contributed by atoms with Gasteiger partial charge in [0.15, 0.2) is 0 Å². The van der Waals surface area contributed by atoms with Crippen molar-refractivity contribution in [2.45, 2.75) is 61.8 Å². The molecule has 3 nitrogen and oxygen atoms in total. The summed E-state index contributed by atoms with van der Waals surface area (Å²) in [5.74, 6) is 1.48. The van der Waals surface area contributed by atoms with Crippen LogP contribution in [0.15, 0.2) is 46.3 Å². The highest BCUT2D eigenvalue weighted by Gasteiger charge is 2.26. The van der Waals surface area contributed by atoms with Crippen LogP contribution in [-0.2, 0) is 12.0 Å². The van der Waals surface area contributed by atoms with Gasteiger partial charge in [-0.05, 0) is 43.0 Å². The maximum atomic E-state index is 13.3. The molecule has 1 aliphatic carbocycles. The van der Waals surface area contributed by atoms with E-state index in [-0.39, 0.29) is 5.41 Å². The minimum Gasteiger partial charge on any atom is -0.327 e. The fourth-order valence-electron chi connectivity index (χ4n) is 3.45. The van der Waals surface area contributed by atoms with Gasteiger partial charge in [0.2, 0.25) is 5.95 Å². The van der Waals surface area contributed by atoms with E-state index in [9.17, 15) is 4.39 Å².